The Kier molecular flexibility index (Phi) is 13.7. The molecule has 4 fully saturated rings. The van der Waals surface area contributed by atoms with Crippen LogP contribution in [0, 0.1) is 23.7 Å². The van der Waals surface area contributed by atoms with Gasteiger partial charge in [0.1, 0.15) is 24.1 Å². The van der Waals surface area contributed by atoms with Crippen molar-refractivity contribution in [3.63, 3.8) is 0 Å². The average molecular weight is 760 g/mol. The molecule has 15 heteroatoms. The first-order chi connectivity index (χ1) is 24.5. The predicted molar refractivity (Wildman–Crippen MR) is 189 cm³/mol. The fourth-order valence-electron chi connectivity index (χ4n) is 9.03. The van der Waals surface area contributed by atoms with E-state index in [1.807, 2.05) is 25.9 Å². The zero-order valence-electron chi connectivity index (χ0n) is 33.8. The number of nitrogens with zero attached hydrogens (tertiary/aromatic N) is 1. The molecule has 4 rings (SSSR count). The van der Waals surface area contributed by atoms with Crippen LogP contribution in [0.4, 0.5) is 4.79 Å². The second-order valence-corrected chi connectivity index (χ2v) is 16.9. The molecular weight excluding hydrogens is 694 g/mol. The SMILES string of the molecule is CC[C@H]1OC(=O)[C@H](C)[C@@H](OC2C[C@@](C)(OC)[C@@H](O)[C@H](C)O2)[C@H](C)[C@@H](OC2O[C@H](C)C[C@H](N(C)C)[C@H]2O)[C@](C)(O)C[C@@H](C)C(=O)[C@H](C)[C@@H]2OC(=O)O[C@]12C. The van der Waals surface area contributed by atoms with Gasteiger partial charge in [-0.25, -0.2) is 4.79 Å². The van der Waals surface area contributed by atoms with E-state index in [2.05, 4.69) is 0 Å². The zero-order valence-corrected chi connectivity index (χ0v) is 33.8. The summed E-state index contributed by atoms with van der Waals surface area (Å²) in [7, 11) is 5.20. The molecule has 0 aliphatic carbocycles. The van der Waals surface area contributed by atoms with Gasteiger partial charge in [0.15, 0.2) is 24.3 Å². The van der Waals surface area contributed by atoms with E-state index >= 15 is 0 Å². The summed E-state index contributed by atoms with van der Waals surface area (Å²) >= 11 is 0. The standard InChI is InChI=1S/C38H65NO14/c1-14-25-38(10)32(52-35(44)53-38)20(4)27(40)18(2)16-36(8,45)31(51-34-28(41)24(39(11)12)15-19(3)47-34)21(5)29(22(6)33(43)49-25)50-26-17-37(9,46-13)30(42)23(7)48-26/h18-26,28-32,34,41-42,45H,14-17H2,1-13H3/t18-,19-,20+,21+,22-,23+,24+,25-,26?,28-,29+,30+,31-,32+,34?,36-,37-,38-/m1/s1. The molecule has 4 heterocycles. The highest BCUT2D eigenvalue weighted by Crippen LogP contribution is 2.43. The molecule has 0 spiro atoms. The van der Waals surface area contributed by atoms with E-state index < -0.39 is 108 Å². The summed E-state index contributed by atoms with van der Waals surface area (Å²) in [5, 5.41) is 34.9. The molecule has 2 unspecified atom stereocenters. The number of cyclic esters (lactones) is 1. The van der Waals surface area contributed by atoms with Crippen molar-refractivity contribution >= 4 is 17.9 Å². The number of carbonyl (C=O) groups is 3. The summed E-state index contributed by atoms with van der Waals surface area (Å²) in [6.45, 7) is 16.9. The first kappa shape index (κ1) is 43.8. The van der Waals surface area contributed by atoms with Crippen LogP contribution in [0.1, 0.15) is 94.9 Å². The number of ketones is 1. The van der Waals surface area contributed by atoms with Gasteiger partial charge in [0.25, 0.3) is 0 Å². The molecule has 4 aliphatic rings. The van der Waals surface area contributed by atoms with Gasteiger partial charge in [0, 0.05) is 31.4 Å². The predicted octanol–water partition coefficient (Wildman–Crippen LogP) is 2.97. The van der Waals surface area contributed by atoms with Crippen LogP contribution in [0.5, 0.6) is 0 Å². The van der Waals surface area contributed by atoms with Gasteiger partial charge in [-0.1, -0.05) is 27.7 Å². The van der Waals surface area contributed by atoms with Crippen molar-refractivity contribution in [3.8, 4) is 0 Å². The fraction of sp³-hybridized carbons (Fsp3) is 0.921. The second-order valence-electron chi connectivity index (χ2n) is 16.9. The minimum atomic E-state index is -1.78. The van der Waals surface area contributed by atoms with Crippen molar-refractivity contribution in [2.75, 3.05) is 21.2 Å². The molecule has 0 aromatic carbocycles. The summed E-state index contributed by atoms with van der Waals surface area (Å²) in [6.07, 6.45) is -9.81. The van der Waals surface area contributed by atoms with Gasteiger partial charge in [-0.2, -0.15) is 0 Å². The lowest BCUT2D eigenvalue weighted by Gasteiger charge is -2.49. The molecular formula is C38H65NO14. The van der Waals surface area contributed by atoms with Gasteiger partial charge in [0.05, 0.1) is 47.5 Å². The molecule has 4 aliphatic heterocycles. The number of hydrogen-bond donors (Lipinski definition) is 3. The molecule has 0 amide bonds. The largest absolute Gasteiger partial charge is 0.509 e. The monoisotopic (exact) mass is 759 g/mol. The first-order valence-electron chi connectivity index (χ1n) is 19.1. The number of hydrogen-bond acceptors (Lipinski definition) is 15. The van der Waals surface area contributed by atoms with Gasteiger partial charge in [-0.15, -0.1) is 0 Å². The molecule has 4 saturated heterocycles. The third-order valence-electron chi connectivity index (χ3n) is 12.3. The molecule has 0 bridgehead atoms. The van der Waals surface area contributed by atoms with Crippen molar-refractivity contribution in [2.24, 2.45) is 23.7 Å². The van der Waals surface area contributed by atoms with Crippen molar-refractivity contribution in [1.82, 2.24) is 4.90 Å². The molecule has 0 radical (unpaired) electrons. The number of ether oxygens (including phenoxy) is 8. The average Bonchev–Trinajstić information content (AvgIpc) is 3.40. The number of rotatable bonds is 7. The van der Waals surface area contributed by atoms with Crippen LogP contribution in [0.25, 0.3) is 0 Å². The van der Waals surface area contributed by atoms with Gasteiger partial charge in [0.2, 0.25) is 0 Å². The molecule has 18 atom stereocenters. The van der Waals surface area contributed by atoms with Gasteiger partial charge in [-0.05, 0) is 74.9 Å². The lowest BCUT2D eigenvalue weighted by molar-refractivity contribution is -0.318. The van der Waals surface area contributed by atoms with E-state index in [0.717, 1.165) is 0 Å². The Balaban J connectivity index is 1.84. The number of fused-ring (bicyclic) bond motifs is 1. The molecule has 3 N–H and O–H groups in total. The smallest absolute Gasteiger partial charge is 0.458 e. The molecule has 306 valence electrons. The number of carbonyl (C=O) groups excluding carboxylic acids is 3. The van der Waals surface area contributed by atoms with Gasteiger partial charge in [-0.3, -0.25) is 9.59 Å². The highest BCUT2D eigenvalue weighted by Gasteiger charge is 2.59. The highest BCUT2D eigenvalue weighted by molar-refractivity contribution is 5.84. The first-order valence-corrected chi connectivity index (χ1v) is 19.1. The summed E-state index contributed by atoms with van der Waals surface area (Å²) < 4.78 is 48.7. The Hall–Kier alpha value is -1.95. The van der Waals surface area contributed by atoms with E-state index in [4.69, 9.17) is 37.9 Å². The van der Waals surface area contributed by atoms with Crippen LogP contribution in [-0.2, 0) is 47.5 Å². The Morgan fingerprint density at radius 2 is 1.55 bits per heavy atom. The number of esters is 1. The minimum Gasteiger partial charge on any atom is -0.458 e. The van der Waals surface area contributed by atoms with E-state index in [0.29, 0.717) is 6.42 Å². The third kappa shape index (κ3) is 8.88. The van der Waals surface area contributed by atoms with E-state index in [1.165, 1.54) is 7.11 Å². The van der Waals surface area contributed by atoms with Crippen LogP contribution in [0.2, 0.25) is 0 Å². The number of aliphatic hydroxyl groups is 3. The maximum Gasteiger partial charge on any atom is 0.509 e. The number of methoxy groups -OCH3 is 1. The van der Waals surface area contributed by atoms with Crippen molar-refractivity contribution in [2.45, 2.75) is 179 Å². The van der Waals surface area contributed by atoms with Crippen molar-refractivity contribution < 1.29 is 67.6 Å². The van der Waals surface area contributed by atoms with E-state index in [-0.39, 0.29) is 37.2 Å². The van der Waals surface area contributed by atoms with Crippen molar-refractivity contribution in [3.05, 3.63) is 0 Å². The summed E-state index contributed by atoms with van der Waals surface area (Å²) in [6, 6.07) is -0.322. The van der Waals surface area contributed by atoms with Crippen LogP contribution in [0.15, 0.2) is 0 Å². The van der Waals surface area contributed by atoms with Crippen LogP contribution < -0.4 is 0 Å². The molecule has 15 nitrogen and oxygen atoms in total. The lowest BCUT2D eigenvalue weighted by Crippen LogP contribution is -2.61. The zero-order chi connectivity index (χ0) is 40.0. The molecule has 0 aromatic heterocycles. The van der Waals surface area contributed by atoms with Gasteiger partial charge >= 0.3 is 12.1 Å². The Morgan fingerprint density at radius 3 is 2.13 bits per heavy atom. The Labute approximate surface area is 314 Å². The van der Waals surface area contributed by atoms with Crippen LogP contribution >= 0.6 is 0 Å². The van der Waals surface area contributed by atoms with Crippen LogP contribution in [0.3, 0.4) is 0 Å². The topological polar surface area (TPSA) is 189 Å². The summed E-state index contributed by atoms with van der Waals surface area (Å²) in [5.41, 5.74) is -4.33. The lowest BCUT2D eigenvalue weighted by atomic mass is 9.74. The second kappa shape index (κ2) is 16.6. The molecule has 0 saturated carbocycles. The summed E-state index contributed by atoms with van der Waals surface area (Å²) in [4.78, 5) is 43.0. The number of Topliss-reactive ketones (excluding diaryl/α,β-unsaturated/α-hetero) is 1. The van der Waals surface area contributed by atoms with E-state index in [1.54, 1.807) is 62.3 Å². The normalized spacial score (nSPS) is 49.1. The van der Waals surface area contributed by atoms with Gasteiger partial charge < -0.3 is 58.1 Å². The third-order valence-corrected chi connectivity index (χ3v) is 12.3. The summed E-state index contributed by atoms with van der Waals surface area (Å²) in [5.74, 6) is -4.54. The number of aliphatic hydroxyl groups excluding tert-OH is 2. The fourth-order valence-corrected chi connectivity index (χ4v) is 9.03. The molecule has 53 heavy (non-hydrogen) atoms. The highest BCUT2D eigenvalue weighted by atomic mass is 16.8. The minimum absolute atomic E-state index is 0.0996. The Morgan fingerprint density at radius 1 is 0.906 bits per heavy atom. The maximum absolute atomic E-state index is 14.3. The van der Waals surface area contributed by atoms with E-state index in [9.17, 15) is 29.7 Å². The maximum atomic E-state index is 14.3. The van der Waals surface area contributed by atoms with Crippen molar-refractivity contribution in [1.29, 1.82) is 0 Å². The quantitative estimate of drug-likeness (QED) is 0.321. The van der Waals surface area contributed by atoms with Crippen LogP contribution in [-0.4, -0.2) is 144 Å². The molecule has 0 aromatic rings. The Bertz CT molecular complexity index is 1300. The number of likely N-dealkylation sites (N-methyl/N-ethyl adjacent to an activating group) is 1.